The van der Waals surface area contributed by atoms with E-state index in [1.165, 1.54) is 11.3 Å². The molecule has 0 radical (unpaired) electrons. The smallest absolute Gasteiger partial charge is 0.153 e. The van der Waals surface area contributed by atoms with Crippen molar-refractivity contribution >= 4 is 38.8 Å². The van der Waals surface area contributed by atoms with E-state index >= 15 is 0 Å². The molecule has 4 nitrogen and oxygen atoms in total. The molecule has 0 saturated carbocycles. The molecule has 2 rings (SSSR count). The lowest BCUT2D eigenvalue weighted by Gasteiger charge is -2.17. The molecular formula is C14H17BrN4. The molecule has 0 atom stereocenters. The normalized spacial score (nSPS) is 10.3. The Morgan fingerprint density at radius 1 is 1.26 bits per heavy atom. The summed E-state index contributed by atoms with van der Waals surface area (Å²) in [5, 5.41) is 3.24. The van der Waals surface area contributed by atoms with Crippen molar-refractivity contribution in [1.29, 1.82) is 0 Å². The van der Waals surface area contributed by atoms with Crippen LogP contribution < -0.4 is 16.0 Å². The zero-order chi connectivity index (χ0) is 14.0. The van der Waals surface area contributed by atoms with Crippen LogP contribution in [0.3, 0.4) is 0 Å². The zero-order valence-electron chi connectivity index (χ0n) is 11.2. The molecule has 0 aliphatic carbocycles. The second-order valence-electron chi connectivity index (χ2n) is 4.61. The molecule has 0 aliphatic rings. The van der Waals surface area contributed by atoms with Gasteiger partial charge in [-0.3, -0.25) is 0 Å². The molecule has 0 unspecified atom stereocenters. The monoisotopic (exact) mass is 320 g/mol. The van der Waals surface area contributed by atoms with Crippen molar-refractivity contribution in [3.8, 4) is 0 Å². The molecule has 0 spiro atoms. The Bertz CT molecular complexity index is 596. The number of nitrogens with one attached hydrogen (secondary N) is 1. The standard InChI is InChI=1S/C14H17BrN4/c1-9-4-5-11(7-13(9)19(2)3)18-14-12(16)6-10(15)8-17-14/h4-8H,16H2,1-3H3,(H,17,18). The van der Waals surface area contributed by atoms with Crippen LogP contribution in [0.4, 0.5) is 22.9 Å². The highest BCUT2D eigenvalue weighted by molar-refractivity contribution is 9.10. The Morgan fingerprint density at radius 2 is 2.00 bits per heavy atom. The van der Waals surface area contributed by atoms with Gasteiger partial charge in [0, 0.05) is 36.1 Å². The fourth-order valence-corrected chi connectivity index (χ4v) is 2.21. The number of nitrogen functional groups attached to an aromatic ring is 1. The van der Waals surface area contributed by atoms with E-state index in [4.69, 9.17) is 5.73 Å². The predicted octanol–water partition coefficient (Wildman–Crippen LogP) is 3.54. The molecule has 0 amide bonds. The first-order valence-corrected chi connectivity index (χ1v) is 6.72. The first-order valence-electron chi connectivity index (χ1n) is 5.93. The maximum absolute atomic E-state index is 5.93. The molecule has 1 heterocycles. The third-order valence-corrected chi connectivity index (χ3v) is 3.27. The number of anilines is 4. The molecule has 19 heavy (non-hydrogen) atoms. The van der Waals surface area contributed by atoms with Crippen molar-refractivity contribution in [1.82, 2.24) is 4.98 Å². The highest BCUT2D eigenvalue weighted by Crippen LogP contribution is 2.27. The molecule has 3 N–H and O–H groups in total. The summed E-state index contributed by atoms with van der Waals surface area (Å²) in [6, 6.07) is 8.01. The van der Waals surface area contributed by atoms with Gasteiger partial charge in [0.15, 0.2) is 5.82 Å². The van der Waals surface area contributed by atoms with Crippen molar-refractivity contribution in [2.75, 3.05) is 30.0 Å². The van der Waals surface area contributed by atoms with Gasteiger partial charge in [0.05, 0.1) is 5.69 Å². The summed E-state index contributed by atoms with van der Waals surface area (Å²) in [6.45, 7) is 2.09. The van der Waals surface area contributed by atoms with Gasteiger partial charge in [0.1, 0.15) is 0 Å². The van der Waals surface area contributed by atoms with Gasteiger partial charge in [0.25, 0.3) is 0 Å². The molecule has 2 aromatic rings. The van der Waals surface area contributed by atoms with Crippen LogP contribution in [0.1, 0.15) is 5.56 Å². The van der Waals surface area contributed by atoms with Crippen LogP contribution in [0.15, 0.2) is 34.9 Å². The van der Waals surface area contributed by atoms with Gasteiger partial charge >= 0.3 is 0 Å². The number of hydrogen-bond donors (Lipinski definition) is 2. The van der Waals surface area contributed by atoms with Gasteiger partial charge in [-0.15, -0.1) is 0 Å². The molecule has 0 bridgehead atoms. The average molecular weight is 321 g/mol. The second-order valence-corrected chi connectivity index (χ2v) is 5.53. The van der Waals surface area contributed by atoms with E-state index in [1.807, 2.05) is 26.2 Å². The molecule has 5 heteroatoms. The summed E-state index contributed by atoms with van der Waals surface area (Å²) >= 11 is 3.34. The Morgan fingerprint density at radius 3 is 2.63 bits per heavy atom. The van der Waals surface area contributed by atoms with Crippen molar-refractivity contribution in [2.45, 2.75) is 6.92 Å². The number of rotatable bonds is 3. The SMILES string of the molecule is Cc1ccc(Nc2ncc(Br)cc2N)cc1N(C)C. The number of hydrogen-bond acceptors (Lipinski definition) is 4. The summed E-state index contributed by atoms with van der Waals surface area (Å²) in [5.74, 6) is 0.664. The van der Waals surface area contributed by atoms with Crippen molar-refractivity contribution in [2.24, 2.45) is 0 Å². The number of pyridine rings is 1. The van der Waals surface area contributed by atoms with Crippen LogP contribution in [-0.4, -0.2) is 19.1 Å². The first kappa shape index (κ1) is 13.7. The van der Waals surface area contributed by atoms with Gasteiger partial charge in [-0.25, -0.2) is 4.98 Å². The third kappa shape index (κ3) is 3.17. The summed E-state index contributed by atoms with van der Waals surface area (Å²) in [6.07, 6.45) is 1.72. The maximum atomic E-state index is 5.93. The lowest BCUT2D eigenvalue weighted by atomic mass is 10.1. The highest BCUT2D eigenvalue weighted by Gasteiger charge is 2.05. The number of benzene rings is 1. The van der Waals surface area contributed by atoms with Crippen LogP contribution in [0.25, 0.3) is 0 Å². The Kier molecular flexibility index (Phi) is 3.95. The minimum atomic E-state index is 0.612. The average Bonchev–Trinajstić information content (AvgIpc) is 2.34. The first-order chi connectivity index (χ1) is 8.97. The van der Waals surface area contributed by atoms with Crippen LogP contribution in [0, 0.1) is 6.92 Å². The number of halogens is 1. The van der Waals surface area contributed by atoms with E-state index in [0.29, 0.717) is 11.5 Å². The number of aryl methyl sites for hydroxylation is 1. The molecule has 0 aliphatic heterocycles. The fourth-order valence-electron chi connectivity index (χ4n) is 1.87. The number of aromatic nitrogens is 1. The van der Waals surface area contributed by atoms with Gasteiger partial charge in [-0.1, -0.05) is 6.07 Å². The number of nitrogens with two attached hydrogens (primary N) is 1. The zero-order valence-corrected chi connectivity index (χ0v) is 12.8. The largest absolute Gasteiger partial charge is 0.396 e. The summed E-state index contributed by atoms with van der Waals surface area (Å²) in [4.78, 5) is 6.36. The van der Waals surface area contributed by atoms with Crippen molar-refractivity contribution in [3.63, 3.8) is 0 Å². The van der Waals surface area contributed by atoms with E-state index in [1.54, 1.807) is 6.20 Å². The lowest BCUT2D eigenvalue weighted by molar-refractivity contribution is 1.11. The summed E-state index contributed by atoms with van der Waals surface area (Å²) in [7, 11) is 4.05. The molecule has 1 aromatic carbocycles. The third-order valence-electron chi connectivity index (χ3n) is 2.84. The molecule has 1 aromatic heterocycles. The molecular weight excluding hydrogens is 304 g/mol. The van der Waals surface area contributed by atoms with Crippen LogP contribution >= 0.6 is 15.9 Å². The van der Waals surface area contributed by atoms with Gasteiger partial charge in [-0.05, 0) is 46.6 Å². The summed E-state index contributed by atoms with van der Waals surface area (Å²) < 4.78 is 0.869. The molecule has 0 saturated heterocycles. The topological polar surface area (TPSA) is 54.2 Å². The van der Waals surface area contributed by atoms with Crippen molar-refractivity contribution in [3.05, 3.63) is 40.5 Å². The fraction of sp³-hybridized carbons (Fsp3) is 0.214. The van der Waals surface area contributed by atoms with E-state index in [2.05, 4.69) is 50.2 Å². The second kappa shape index (κ2) is 5.48. The molecule has 100 valence electrons. The maximum Gasteiger partial charge on any atom is 0.153 e. The van der Waals surface area contributed by atoms with Crippen LogP contribution in [0.2, 0.25) is 0 Å². The van der Waals surface area contributed by atoms with Gasteiger partial charge in [0.2, 0.25) is 0 Å². The Labute approximate surface area is 121 Å². The van der Waals surface area contributed by atoms with E-state index in [-0.39, 0.29) is 0 Å². The minimum Gasteiger partial charge on any atom is -0.396 e. The lowest BCUT2D eigenvalue weighted by Crippen LogP contribution is -2.10. The Balaban J connectivity index is 2.31. The molecule has 0 fully saturated rings. The minimum absolute atomic E-state index is 0.612. The number of nitrogens with zero attached hydrogens (tertiary/aromatic N) is 2. The van der Waals surface area contributed by atoms with E-state index in [9.17, 15) is 0 Å². The summed E-state index contributed by atoms with van der Waals surface area (Å²) in [5.41, 5.74) is 9.91. The van der Waals surface area contributed by atoms with E-state index in [0.717, 1.165) is 10.2 Å². The highest BCUT2D eigenvalue weighted by atomic mass is 79.9. The Hall–Kier alpha value is -1.75. The van der Waals surface area contributed by atoms with Gasteiger partial charge < -0.3 is 16.0 Å². The van der Waals surface area contributed by atoms with Crippen LogP contribution in [0.5, 0.6) is 0 Å². The predicted molar refractivity (Wildman–Crippen MR) is 85.1 cm³/mol. The van der Waals surface area contributed by atoms with E-state index < -0.39 is 0 Å². The quantitative estimate of drug-likeness (QED) is 0.908. The van der Waals surface area contributed by atoms with Crippen LogP contribution in [-0.2, 0) is 0 Å². The van der Waals surface area contributed by atoms with Gasteiger partial charge in [-0.2, -0.15) is 0 Å². The van der Waals surface area contributed by atoms with Crippen molar-refractivity contribution < 1.29 is 0 Å².